The van der Waals surface area contributed by atoms with Gasteiger partial charge in [0.25, 0.3) is 0 Å². The van der Waals surface area contributed by atoms with Gasteiger partial charge in [-0.05, 0) is 111 Å². The maximum atomic E-state index is 2.42. The lowest BCUT2D eigenvalue weighted by atomic mass is 9.97. The Labute approximate surface area is 407 Å². The molecule has 1 heterocycles. The van der Waals surface area contributed by atoms with Crippen molar-refractivity contribution in [2.24, 2.45) is 0 Å². The van der Waals surface area contributed by atoms with Crippen molar-refractivity contribution in [1.82, 2.24) is 0 Å². The van der Waals surface area contributed by atoms with Crippen LogP contribution in [-0.2, 0) is 0 Å². The number of para-hydroxylation sites is 2. The van der Waals surface area contributed by atoms with Gasteiger partial charge in [0.2, 0.25) is 0 Å². The summed E-state index contributed by atoms with van der Waals surface area (Å²) in [6, 6.07) is 101. The van der Waals surface area contributed by atoms with Crippen LogP contribution < -0.4 is 9.80 Å². The Balaban J connectivity index is 0.998. The Kier molecular flexibility index (Phi) is 11.2. The van der Waals surface area contributed by atoms with E-state index in [0.717, 1.165) is 45.3 Å². The molecule has 0 N–H and O–H groups in total. The van der Waals surface area contributed by atoms with E-state index in [9.17, 15) is 0 Å². The molecule has 0 spiro atoms. The van der Waals surface area contributed by atoms with Crippen LogP contribution in [-0.4, -0.2) is 0 Å². The van der Waals surface area contributed by atoms with E-state index in [0.29, 0.717) is 0 Å². The summed E-state index contributed by atoms with van der Waals surface area (Å²) in [5.74, 6) is 0. The first-order chi connectivity index (χ1) is 34.2. The van der Waals surface area contributed by atoms with E-state index in [1.54, 1.807) is 0 Å². The smallest absolute Gasteiger partial charge is 0.0540 e. The highest BCUT2D eigenvalue weighted by molar-refractivity contribution is 7.26. The molecule has 0 aliphatic heterocycles. The van der Waals surface area contributed by atoms with Crippen LogP contribution in [0.2, 0.25) is 0 Å². The predicted octanol–water partition coefficient (Wildman–Crippen LogP) is 19.3. The summed E-state index contributed by atoms with van der Waals surface area (Å²) >= 11 is 1.87. The number of hydrogen-bond acceptors (Lipinski definition) is 3. The summed E-state index contributed by atoms with van der Waals surface area (Å²) in [7, 11) is 0. The molecule has 0 saturated heterocycles. The lowest BCUT2D eigenvalue weighted by molar-refractivity contribution is 1.27. The number of benzene rings is 11. The molecule has 0 radical (unpaired) electrons. The minimum Gasteiger partial charge on any atom is -0.310 e. The molecule has 12 rings (SSSR count). The fraction of sp³-hybridized carbons (Fsp3) is 0. The Bertz CT molecular complexity index is 3590. The standard InChI is InChI=1S/C66H46N2S/c1-4-17-47(18-5-1)50-31-39-54(40-32-50)67(55-41-33-51(34-42-55)48-19-6-2-7-20-48)63-28-13-10-23-59(63)60-24-11-14-29-64(60)68(56-43-35-52(36-44-56)49-21-8-3-9-22-49)57-45-37-53(38-46-57)58-26-16-27-62-61-25-12-15-30-65(61)69-66(58)62/h1-46H. The van der Waals surface area contributed by atoms with Gasteiger partial charge in [0.05, 0.1) is 11.4 Å². The van der Waals surface area contributed by atoms with Crippen LogP contribution in [0.3, 0.4) is 0 Å². The van der Waals surface area contributed by atoms with Crippen LogP contribution in [0.1, 0.15) is 0 Å². The second-order valence-corrected chi connectivity index (χ2v) is 18.3. The molecular formula is C66H46N2S. The molecule has 0 amide bonds. The lowest BCUT2D eigenvalue weighted by Gasteiger charge is -2.31. The van der Waals surface area contributed by atoms with Crippen molar-refractivity contribution in [3.05, 3.63) is 279 Å². The zero-order valence-corrected chi connectivity index (χ0v) is 38.7. The molecule has 326 valence electrons. The van der Waals surface area contributed by atoms with Gasteiger partial charge >= 0.3 is 0 Å². The number of anilines is 6. The fourth-order valence-electron chi connectivity index (χ4n) is 9.71. The molecule has 1 aromatic heterocycles. The van der Waals surface area contributed by atoms with Crippen molar-refractivity contribution >= 4 is 65.6 Å². The molecule has 0 bridgehead atoms. The van der Waals surface area contributed by atoms with E-state index < -0.39 is 0 Å². The monoisotopic (exact) mass is 898 g/mol. The van der Waals surface area contributed by atoms with Gasteiger partial charge in [-0.25, -0.2) is 0 Å². The average molecular weight is 899 g/mol. The van der Waals surface area contributed by atoms with Crippen molar-refractivity contribution in [3.63, 3.8) is 0 Å². The molecule has 0 aliphatic carbocycles. The van der Waals surface area contributed by atoms with E-state index in [4.69, 9.17) is 0 Å². The van der Waals surface area contributed by atoms with Crippen molar-refractivity contribution < 1.29 is 0 Å². The zero-order chi connectivity index (χ0) is 45.9. The third-order valence-electron chi connectivity index (χ3n) is 13.1. The number of thiophene rings is 1. The van der Waals surface area contributed by atoms with Crippen LogP contribution in [0.4, 0.5) is 34.1 Å². The predicted molar refractivity (Wildman–Crippen MR) is 296 cm³/mol. The molecule has 12 aromatic rings. The van der Waals surface area contributed by atoms with Crippen LogP contribution in [0.25, 0.3) is 75.8 Å². The lowest BCUT2D eigenvalue weighted by Crippen LogP contribution is -2.13. The van der Waals surface area contributed by atoms with Gasteiger partial charge in [0.15, 0.2) is 0 Å². The summed E-state index contributed by atoms with van der Waals surface area (Å²) < 4.78 is 2.63. The van der Waals surface area contributed by atoms with Crippen molar-refractivity contribution in [1.29, 1.82) is 0 Å². The molecule has 3 heteroatoms. The number of hydrogen-bond donors (Lipinski definition) is 0. The first-order valence-electron chi connectivity index (χ1n) is 23.5. The van der Waals surface area contributed by atoms with Gasteiger partial charge in [0, 0.05) is 54.0 Å². The maximum Gasteiger partial charge on any atom is 0.0540 e. The Morgan fingerprint density at radius 3 is 0.971 bits per heavy atom. The van der Waals surface area contributed by atoms with Gasteiger partial charge in [-0.3, -0.25) is 0 Å². The van der Waals surface area contributed by atoms with Crippen molar-refractivity contribution in [2.75, 3.05) is 9.80 Å². The van der Waals surface area contributed by atoms with Crippen LogP contribution in [0.15, 0.2) is 279 Å². The second kappa shape index (κ2) is 18.5. The average Bonchev–Trinajstić information content (AvgIpc) is 3.82. The number of rotatable bonds is 11. The summed E-state index contributed by atoms with van der Waals surface area (Å²) in [5, 5.41) is 2.61. The quantitative estimate of drug-likeness (QED) is 0.128. The largest absolute Gasteiger partial charge is 0.310 e. The van der Waals surface area contributed by atoms with Gasteiger partial charge in [0.1, 0.15) is 0 Å². The van der Waals surface area contributed by atoms with Gasteiger partial charge < -0.3 is 9.80 Å². The Morgan fingerprint density at radius 1 is 0.217 bits per heavy atom. The van der Waals surface area contributed by atoms with Crippen molar-refractivity contribution in [2.45, 2.75) is 0 Å². The first kappa shape index (κ1) is 41.7. The zero-order valence-electron chi connectivity index (χ0n) is 37.9. The maximum absolute atomic E-state index is 2.42. The highest BCUT2D eigenvalue weighted by Crippen LogP contribution is 2.48. The second-order valence-electron chi connectivity index (χ2n) is 17.3. The van der Waals surface area contributed by atoms with Crippen LogP contribution in [0.5, 0.6) is 0 Å². The minimum absolute atomic E-state index is 1.07. The van der Waals surface area contributed by atoms with E-state index in [-0.39, 0.29) is 0 Å². The van der Waals surface area contributed by atoms with E-state index in [2.05, 4.69) is 289 Å². The highest BCUT2D eigenvalue weighted by Gasteiger charge is 2.23. The third-order valence-corrected chi connectivity index (χ3v) is 14.3. The first-order valence-corrected chi connectivity index (χ1v) is 24.3. The molecule has 0 atom stereocenters. The molecule has 2 nitrogen and oxygen atoms in total. The Morgan fingerprint density at radius 2 is 0.536 bits per heavy atom. The topological polar surface area (TPSA) is 6.48 Å². The van der Waals surface area contributed by atoms with Gasteiger partial charge in [-0.2, -0.15) is 0 Å². The SMILES string of the molecule is c1ccc(-c2ccc(N(c3ccc(-c4ccccc4)cc3)c3ccccc3-c3ccccc3N(c3ccc(-c4ccccc4)cc3)c3ccc(-c4cccc5c4sc4ccccc45)cc3)cc2)cc1. The number of nitrogens with zero attached hydrogens (tertiary/aromatic N) is 2. The normalized spacial score (nSPS) is 11.2. The molecule has 0 aliphatic rings. The molecule has 0 fully saturated rings. The minimum atomic E-state index is 1.07. The van der Waals surface area contributed by atoms with E-state index in [1.165, 1.54) is 64.7 Å². The summed E-state index contributed by atoms with van der Waals surface area (Å²) in [4.78, 5) is 4.82. The number of fused-ring (bicyclic) bond motifs is 3. The molecular weight excluding hydrogens is 853 g/mol. The van der Waals surface area contributed by atoms with Crippen LogP contribution >= 0.6 is 11.3 Å². The molecule has 0 saturated carbocycles. The molecule has 0 unspecified atom stereocenters. The molecule has 69 heavy (non-hydrogen) atoms. The fourth-order valence-corrected chi connectivity index (χ4v) is 11.0. The van der Waals surface area contributed by atoms with E-state index >= 15 is 0 Å². The van der Waals surface area contributed by atoms with Crippen LogP contribution in [0, 0.1) is 0 Å². The van der Waals surface area contributed by atoms with E-state index in [1.807, 2.05) is 11.3 Å². The summed E-state index contributed by atoms with van der Waals surface area (Å²) in [6.45, 7) is 0. The Hall–Kier alpha value is -8.76. The highest BCUT2D eigenvalue weighted by atomic mass is 32.1. The van der Waals surface area contributed by atoms with Crippen molar-refractivity contribution in [3.8, 4) is 55.6 Å². The summed E-state index contributed by atoms with van der Waals surface area (Å²) in [5.41, 5.74) is 18.2. The van der Waals surface area contributed by atoms with Gasteiger partial charge in [-0.1, -0.05) is 212 Å². The third kappa shape index (κ3) is 8.16. The molecule has 11 aromatic carbocycles. The summed E-state index contributed by atoms with van der Waals surface area (Å²) in [6.07, 6.45) is 0. The van der Waals surface area contributed by atoms with Gasteiger partial charge in [-0.15, -0.1) is 11.3 Å².